The Morgan fingerprint density at radius 1 is 1.13 bits per heavy atom. The molecule has 0 rings (SSSR count). The molecule has 136 valence electrons. The molecule has 0 aliphatic rings. The third-order valence-electron chi connectivity index (χ3n) is 5.18. The molecule has 0 aromatic heterocycles. The van der Waals surface area contributed by atoms with Crippen molar-refractivity contribution in [2.45, 2.75) is 104 Å². The van der Waals surface area contributed by atoms with E-state index in [4.69, 9.17) is 4.43 Å². The summed E-state index contributed by atoms with van der Waals surface area (Å²) in [7, 11) is -1.71. The Morgan fingerprint density at radius 2 is 1.74 bits per heavy atom. The van der Waals surface area contributed by atoms with Crippen LogP contribution in [0.1, 0.15) is 80.1 Å². The third kappa shape index (κ3) is 8.90. The van der Waals surface area contributed by atoms with Crippen molar-refractivity contribution in [1.82, 2.24) is 0 Å². The van der Waals surface area contributed by atoms with Gasteiger partial charge in [-0.05, 0) is 36.9 Å². The molecule has 0 aromatic rings. The Morgan fingerprint density at radius 3 is 2.17 bits per heavy atom. The molecule has 1 atom stereocenters. The summed E-state index contributed by atoms with van der Waals surface area (Å²) in [6.45, 7) is 22.4. The van der Waals surface area contributed by atoms with Crippen molar-refractivity contribution in [3.05, 3.63) is 24.3 Å². The lowest BCUT2D eigenvalue weighted by molar-refractivity contribution is 0.164. The summed E-state index contributed by atoms with van der Waals surface area (Å²) in [4.78, 5) is 0. The SMILES string of the molecule is C=C/C=C(\C[C@H](CCCCCC)O[Si](C)(C)C(C)(C)C)C(C)C. The standard InChI is InChI=1S/C21H42OSi/c1-10-12-13-14-16-20(17-19(15-11-2)18(3)4)22-23(8,9)21(5,6)7/h11,15,18,20H,2,10,12-14,16-17H2,1,3-9H3/b19-15+/t20-/m0/s1. The van der Waals surface area contributed by atoms with Gasteiger partial charge in [-0.3, -0.25) is 0 Å². The molecule has 0 aliphatic carbocycles. The predicted molar refractivity (Wildman–Crippen MR) is 109 cm³/mol. The zero-order valence-electron chi connectivity index (χ0n) is 17.2. The van der Waals surface area contributed by atoms with Gasteiger partial charge in [-0.15, -0.1) is 0 Å². The fourth-order valence-corrected chi connectivity index (χ4v) is 3.89. The van der Waals surface area contributed by atoms with Gasteiger partial charge in [-0.1, -0.05) is 91.5 Å². The highest BCUT2D eigenvalue weighted by molar-refractivity contribution is 6.74. The fourth-order valence-electron chi connectivity index (χ4n) is 2.51. The summed E-state index contributed by atoms with van der Waals surface area (Å²) >= 11 is 0. The number of rotatable bonds is 11. The monoisotopic (exact) mass is 338 g/mol. The Bertz CT molecular complexity index is 361. The van der Waals surface area contributed by atoms with Gasteiger partial charge in [0.1, 0.15) is 0 Å². The van der Waals surface area contributed by atoms with E-state index in [1.165, 1.54) is 37.7 Å². The summed E-state index contributed by atoms with van der Waals surface area (Å²) < 4.78 is 6.77. The maximum absolute atomic E-state index is 6.77. The molecule has 2 heteroatoms. The summed E-state index contributed by atoms with van der Waals surface area (Å²) in [5.41, 5.74) is 1.47. The van der Waals surface area contributed by atoms with Crippen molar-refractivity contribution in [1.29, 1.82) is 0 Å². The molecule has 0 bridgehead atoms. The molecule has 0 unspecified atom stereocenters. The largest absolute Gasteiger partial charge is 0.414 e. The van der Waals surface area contributed by atoms with E-state index in [0.29, 0.717) is 12.0 Å². The molecule has 0 N–H and O–H groups in total. The zero-order chi connectivity index (χ0) is 18.1. The lowest BCUT2D eigenvalue weighted by Crippen LogP contribution is -2.44. The van der Waals surface area contributed by atoms with Gasteiger partial charge in [0.05, 0.1) is 0 Å². The van der Waals surface area contributed by atoms with Crippen molar-refractivity contribution in [2.24, 2.45) is 5.92 Å². The smallest absolute Gasteiger partial charge is 0.192 e. The van der Waals surface area contributed by atoms with E-state index in [2.05, 4.69) is 67.3 Å². The molecular formula is C21H42OSi. The minimum absolute atomic E-state index is 0.273. The van der Waals surface area contributed by atoms with E-state index >= 15 is 0 Å². The highest BCUT2D eigenvalue weighted by atomic mass is 28.4. The van der Waals surface area contributed by atoms with Crippen molar-refractivity contribution < 1.29 is 4.43 Å². The van der Waals surface area contributed by atoms with Crippen LogP contribution in [0, 0.1) is 5.92 Å². The van der Waals surface area contributed by atoms with Crippen LogP contribution in [0.2, 0.25) is 18.1 Å². The molecule has 0 heterocycles. The van der Waals surface area contributed by atoms with Crippen LogP contribution in [0.5, 0.6) is 0 Å². The van der Waals surface area contributed by atoms with Crippen molar-refractivity contribution in [3.8, 4) is 0 Å². The average Bonchev–Trinajstić information content (AvgIpc) is 2.41. The lowest BCUT2D eigenvalue weighted by atomic mass is 9.94. The first-order chi connectivity index (χ1) is 10.5. The minimum Gasteiger partial charge on any atom is -0.414 e. The van der Waals surface area contributed by atoms with Gasteiger partial charge < -0.3 is 4.43 Å². The molecule has 23 heavy (non-hydrogen) atoms. The van der Waals surface area contributed by atoms with Gasteiger partial charge in [0.15, 0.2) is 8.32 Å². The first-order valence-electron chi connectivity index (χ1n) is 9.54. The fraction of sp³-hybridized carbons (Fsp3) is 0.810. The molecule has 0 saturated heterocycles. The minimum atomic E-state index is -1.71. The Kier molecular flexibility index (Phi) is 10.4. The van der Waals surface area contributed by atoms with Crippen LogP contribution in [0.3, 0.4) is 0 Å². The Labute approximate surface area is 147 Å². The zero-order valence-corrected chi connectivity index (χ0v) is 18.2. The van der Waals surface area contributed by atoms with Crippen molar-refractivity contribution in [2.75, 3.05) is 0 Å². The van der Waals surface area contributed by atoms with Crippen LogP contribution in [0.15, 0.2) is 24.3 Å². The van der Waals surface area contributed by atoms with Crippen LogP contribution in [0.4, 0.5) is 0 Å². The van der Waals surface area contributed by atoms with Crippen LogP contribution in [-0.2, 0) is 4.43 Å². The summed E-state index contributed by atoms with van der Waals surface area (Å²) in [6.07, 6.45) is 12.0. The van der Waals surface area contributed by atoms with E-state index in [1.54, 1.807) is 0 Å². The van der Waals surface area contributed by atoms with E-state index in [-0.39, 0.29) is 5.04 Å². The number of hydrogen-bond donors (Lipinski definition) is 0. The molecule has 0 fully saturated rings. The van der Waals surface area contributed by atoms with Crippen LogP contribution in [0.25, 0.3) is 0 Å². The predicted octanol–water partition coefficient (Wildman–Crippen LogP) is 7.51. The number of hydrogen-bond acceptors (Lipinski definition) is 1. The summed E-state index contributed by atoms with van der Waals surface area (Å²) in [5.74, 6) is 0.564. The van der Waals surface area contributed by atoms with E-state index in [0.717, 1.165) is 6.42 Å². The second kappa shape index (κ2) is 10.5. The lowest BCUT2D eigenvalue weighted by Gasteiger charge is -2.40. The van der Waals surface area contributed by atoms with Gasteiger partial charge in [0, 0.05) is 6.10 Å². The van der Waals surface area contributed by atoms with Gasteiger partial charge in [-0.25, -0.2) is 0 Å². The van der Waals surface area contributed by atoms with Crippen molar-refractivity contribution >= 4 is 8.32 Å². The molecule has 0 saturated carbocycles. The molecule has 0 radical (unpaired) electrons. The molecule has 1 nitrogen and oxygen atoms in total. The highest BCUT2D eigenvalue weighted by Crippen LogP contribution is 2.38. The van der Waals surface area contributed by atoms with E-state index in [1.807, 2.05) is 6.08 Å². The first-order valence-corrected chi connectivity index (χ1v) is 12.4. The van der Waals surface area contributed by atoms with Gasteiger partial charge in [-0.2, -0.15) is 0 Å². The Balaban J connectivity index is 5.00. The molecule has 0 spiro atoms. The molecule has 0 amide bonds. The summed E-state index contributed by atoms with van der Waals surface area (Å²) in [5, 5.41) is 0.273. The first kappa shape index (κ1) is 22.7. The average molecular weight is 339 g/mol. The van der Waals surface area contributed by atoms with Gasteiger partial charge in [0.2, 0.25) is 0 Å². The topological polar surface area (TPSA) is 9.23 Å². The normalized spacial score (nSPS) is 15.1. The van der Waals surface area contributed by atoms with E-state index < -0.39 is 8.32 Å². The maximum atomic E-state index is 6.77. The second-order valence-electron chi connectivity index (χ2n) is 8.69. The maximum Gasteiger partial charge on any atom is 0.192 e. The Hall–Kier alpha value is -0.343. The van der Waals surface area contributed by atoms with Crippen molar-refractivity contribution in [3.63, 3.8) is 0 Å². The molecular weight excluding hydrogens is 296 g/mol. The number of allylic oxidation sites excluding steroid dienone is 2. The van der Waals surface area contributed by atoms with E-state index in [9.17, 15) is 0 Å². The summed E-state index contributed by atoms with van der Waals surface area (Å²) in [6, 6.07) is 0. The van der Waals surface area contributed by atoms with Crippen LogP contribution in [-0.4, -0.2) is 14.4 Å². The third-order valence-corrected chi connectivity index (χ3v) is 9.72. The second-order valence-corrected chi connectivity index (χ2v) is 13.4. The van der Waals surface area contributed by atoms with Gasteiger partial charge in [0.25, 0.3) is 0 Å². The van der Waals surface area contributed by atoms with Gasteiger partial charge >= 0.3 is 0 Å². The number of unbranched alkanes of at least 4 members (excludes halogenated alkanes) is 3. The quantitative estimate of drug-likeness (QED) is 0.215. The molecule has 0 aliphatic heterocycles. The van der Waals surface area contributed by atoms with Crippen LogP contribution < -0.4 is 0 Å². The highest BCUT2D eigenvalue weighted by Gasteiger charge is 2.39. The van der Waals surface area contributed by atoms with Crippen LogP contribution >= 0.6 is 0 Å². The molecule has 0 aromatic carbocycles.